The first-order chi connectivity index (χ1) is 9.79. The lowest BCUT2D eigenvalue weighted by Crippen LogP contribution is -2.34. The van der Waals surface area contributed by atoms with Crippen LogP contribution in [0.25, 0.3) is 5.82 Å². The maximum atomic E-state index is 5.72. The first kappa shape index (κ1) is 14.0. The Bertz CT molecular complexity index is 534. The van der Waals surface area contributed by atoms with Crippen LogP contribution in [0.5, 0.6) is 0 Å². The van der Waals surface area contributed by atoms with Crippen molar-refractivity contribution in [2.75, 3.05) is 20.3 Å². The maximum absolute atomic E-state index is 5.72. The largest absolute Gasteiger partial charge is 0.383 e. The molecule has 0 aromatic carbocycles. The second-order valence-corrected chi connectivity index (χ2v) is 4.12. The van der Waals surface area contributed by atoms with Gasteiger partial charge < -0.3 is 15.8 Å². The van der Waals surface area contributed by atoms with E-state index in [2.05, 4.69) is 20.3 Å². The predicted molar refractivity (Wildman–Crippen MR) is 76.6 cm³/mol. The average molecular weight is 274 g/mol. The number of ether oxygens (including phenoxy) is 1. The summed E-state index contributed by atoms with van der Waals surface area (Å²) in [6.07, 6.45) is 7.04. The Balaban J connectivity index is 1.89. The van der Waals surface area contributed by atoms with Crippen molar-refractivity contribution in [3.05, 3.63) is 42.6 Å². The molecule has 0 aliphatic heterocycles. The molecule has 2 aromatic heterocycles. The zero-order valence-electron chi connectivity index (χ0n) is 11.4. The van der Waals surface area contributed by atoms with Crippen molar-refractivity contribution in [3.63, 3.8) is 0 Å². The molecule has 0 bridgehead atoms. The molecule has 20 heavy (non-hydrogen) atoms. The lowest BCUT2D eigenvalue weighted by atomic mass is 10.3. The van der Waals surface area contributed by atoms with E-state index in [-0.39, 0.29) is 0 Å². The molecular weight excluding hydrogens is 256 g/mol. The summed E-state index contributed by atoms with van der Waals surface area (Å²) in [5.41, 5.74) is 6.71. The third-order valence-corrected chi connectivity index (χ3v) is 2.62. The number of imidazole rings is 1. The van der Waals surface area contributed by atoms with Crippen molar-refractivity contribution in [3.8, 4) is 5.82 Å². The Morgan fingerprint density at radius 2 is 2.40 bits per heavy atom. The summed E-state index contributed by atoms with van der Waals surface area (Å²) in [4.78, 5) is 12.6. The maximum Gasteiger partial charge on any atom is 0.188 e. The van der Waals surface area contributed by atoms with Crippen molar-refractivity contribution in [1.29, 1.82) is 0 Å². The predicted octanol–water partition coefficient (Wildman–Crippen LogP) is 0.318. The van der Waals surface area contributed by atoms with Crippen LogP contribution in [0.15, 0.2) is 42.0 Å². The fraction of sp³-hybridized carbons (Fsp3) is 0.308. The molecule has 0 fully saturated rings. The van der Waals surface area contributed by atoms with Gasteiger partial charge in [-0.1, -0.05) is 6.07 Å². The zero-order chi connectivity index (χ0) is 14.2. The molecule has 0 saturated carbocycles. The standard InChI is InChI=1S/C13H18N6O/c1-20-7-5-16-13(14)18-9-11-2-3-12(17-8-11)19-6-4-15-10-19/h2-4,6,8,10H,5,7,9H2,1H3,(H3,14,16,18). The molecule has 0 aliphatic carbocycles. The SMILES string of the molecule is COCCNC(N)=NCc1ccc(-n2ccnc2)nc1. The van der Waals surface area contributed by atoms with Gasteiger partial charge in [-0.05, 0) is 11.6 Å². The molecule has 0 unspecified atom stereocenters. The van der Waals surface area contributed by atoms with Crippen molar-refractivity contribution in [2.45, 2.75) is 6.54 Å². The van der Waals surface area contributed by atoms with Gasteiger partial charge in [0.15, 0.2) is 5.96 Å². The van der Waals surface area contributed by atoms with E-state index in [0.717, 1.165) is 11.4 Å². The zero-order valence-corrected chi connectivity index (χ0v) is 11.4. The number of aliphatic imine (C=N–C) groups is 1. The summed E-state index contributed by atoms with van der Waals surface area (Å²) >= 11 is 0. The summed E-state index contributed by atoms with van der Waals surface area (Å²) in [6, 6.07) is 3.88. The molecule has 0 aliphatic rings. The summed E-state index contributed by atoms with van der Waals surface area (Å²) in [5.74, 6) is 1.22. The molecule has 2 rings (SSSR count). The lowest BCUT2D eigenvalue weighted by Gasteiger charge is -2.05. The van der Waals surface area contributed by atoms with E-state index in [9.17, 15) is 0 Å². The number of rotatable bonds is 6. The van der Waals surface area contributed by atoms with E-state index in [1.165, 1.54) is 0 Å². The Labute approximate surface area is 117 Å². The minimum absolute atomic E-state index is 0.403. The van der Waals surface area contributed by atoms with Crippen molar-refractivity contribution in [1.82, 2.24) is 19.9 Å². The molecule has 0 radical (unpaired) electrons. The van der Waals surface area contributed by atoms with Crippen LogP contribution in [0.3, 0.4) is 0 Å². The minimum atomic E-state index is 0.403. The highest BCUT2D eigenvalue weighted by Gasteiger charge is 1.98. The molecule has 3 N–H and O–H groups in total. The highest BCUT2D eigenvalue weighted by molar-refractivity contribution is 5.77. The highest BCUT2D eigenvalue weighted by Crippen LogP contribution is 2.06. The van der Waals surface area contributed by atoms with Crippen LogP contribution < -0.4 is 11.1 Å². The second-order valence-electron chi connectivity index (χ2n) is 4.12. The number of nitrogens with one attached hydrogen (secondary N) is 1. The van der Waals surface area contributed by atoms with Gasteiger partial charge in [0.2, 0.25) is 0 Å². The smallest absolute Gasteiger partial charge is 0.188 e. The molecule has 106 valence electrons. The number of nitrogens with two attached hydrogens (primary N) is 1. The van der Waals surface area contributed by atoms with Crippen LogP contribution in [-0.4, -0.2) is 40.8 Å². The molecule has 2 aromatic rings. The van der Waals surface area contributed by atoms with E-state index in [1.807, 2.05) is 22.9 Å². The topological polar surface area (TPSA) is 90.3 Å². The van der Waals surface area contributed by atoms with E-state index in [1.54, 1.807) is 25.8 Å². The number of pyridine rings is 1. The van der Waals surface area contributed by atoms with Crippen molar-refractivity contribution < 1.29 is 4.74 Å². The molecule has 0 saturated heterocycles. The Kier molecular flexibility index (Phi) is 5.08. The van der Waals surface area contributed by atoms with Gasteiger partial charge in [0.25, 0.3) is 0 Å². The lowest BCUT2D eigenvalue weighted by molar-refractivity contribution is 0.204. The van der Waals surface area contributed by atoms with Crippen LogP contribution >= 0.6 is 0 Å². The molecular formula is C13H18N6O. The molecule has 7 nitrogen and oxygen atoms in total. The number of guanidine groups is 1. The highest BCUT2D eigenvalue weighted by atomic mass is 16.5. The van der Waals surface area contributed by atoms with Crippen molar-refractivity contribution in [2.24, 2.45) is 10.7 Å². The number of nitrogens with zero attached hydrogens (tertiary/aromatic N) is 4. The normalized spacial score (nSPS) is 11.6. The monoisotopic (exact) mass is 274 g/mol. The van der Waals surface area contributed by atoms with Gasteiger partial charge in [-0.25, -0.2) is 15.0 Å². The second kappa shape index (κ2) is 7.25. The third kappa shape index (κ3) is 4.06. The Morgan fingerprint density at radius 3 is 3.05 bits per heavy atom. The van der Waals surface area contributed by atoms with Gasteiger partial charge in [0, 0.05) is 32.2 Å². The first-order valence-electron chi connectivity index (χ1n) is 6.25. The summed E-state index contributed by atoms with van der Waals surface area (Å²) in [6.45, 7) is 1.73. The van der Waals surface area contributed by atoms with Gasteiger partial charge >= 0.3 is 0 Å². The van der Waals surface area contributed by atoms with Gasteiger partial charge in [0.1, 0.15) is 12.1 Å². The molecule has 0 amide bonds. The number of aromatic nitrogens is 3. The third-order valence-electron chi connectivity index (χ3n) is 2.62. The Hall–Kier alpha value is -2.41. The van der Waals surface area contributed by atoms with E-state index in [0.29, 0.717) is 25.7 Å². The number of methoxy groups -OCH3 is 1. The summed E-state index contributed by atoms with van der Waals surface area (Å²) < 4.78 is 6.75. The average Bonchev–Trinajstić information content (AvgIpc) is 3.00. The summed E-state index contributed by atoms with van der Waals surface area (Å²) in [7, 11) is 1.64. The number of hydrogen-bond acceptors (Lipinski definition) is 4. The fourth-order valence-electron chi connectivity index (χ4n) is 1.57. The van der Waals surface area contributed by atoms with Crippen LogP contribution in [0, 0.1) is 0 Å². The van der Waals surface area contributed by atoms with Crippen LogP contribution in [-0.2, 0) is 11.3 Å². The van der Waals surface area contributed by atoms with Gasteiger partial charge in [-0.3, -0.25) is 4.57 Å². The summed E-state index contributed by atoms with van der Waals surface area (Å²) in [5, 5.41) is 2.96. The molecule has 2 heterocycles. The molecule has 0 spiro atoms. The molecule has 7 heteroatoms. The van der Waals surface area contributed by atoms with Crippen LogP contribution in [0.4, 0.5) is 0 Å². The van der Waals surface area contributed by atoms with Crippen molar-refractivity contribution >= 4 is 5.96 Å². The number of hydrogen-bond donors (Lipinski definition) is 2. The van der Waals surface area contributed by atoms with E-state index in [4.69, 9.17) is 10.5 Å². The van der Waals surface area contributed by atoms with Crippen LogP contribution in [0.2, 0.25) is 0 Å². The van der Waals surface area contributed by atoms with Crippen LogP contribution in [0.1, 0.15) is 5.56 Å². The fourth-order valence-corrected chi connectivity index (χ4v) is 1.57. The van der Waals surface area contributed by atoms with E-state index >= 15 is 0 Å². The molecule has 0 atom stereocenters. The quantitative estimate of drug-likeness (QED) is 0.450. The van der Waals surface area contributed by atoms with Gasteiger partial charge in [-0.2, -0.15) is 0 Å². The van der Waals surface area contributed by atoms with Gasteiger partial charge in [-0.15, -0.1) is 0 Å². The van der Waals surface area contributed by atoms with E-state index < -0.39 is 0 Å². The Morgan fingerprint density at radius 1 is 1.50 bits per heavy atom. The first-order valence-corrected chi connectivity index (χ1v) is 6.25. The minimum Gasteiger partial charge on any atom is -0.383 e. The van der Waals surface area contributed by atoms with Gasteiger partial charge in [0.05, 0.1) is 13.2 Å².